The number of carbonyl (C=O) groups excluding carboxylic acids is 1. The molecule has 0 aromatic heterocycles. The molecular weight excluding hydrogens is 316 g/mol. The van der Waals surface area contributed by atoms with E-state index in [9.17, 15) is 18.7 Å². The number of likely N-dealkylation sites (tertiary alicyclic amines) is 1. The quantitative estimate of drug-likeness (QED) is 0.916. The Morgan fingerprint density at radius 1 is 1.33 bits per heavy atom. The van der Waals surface area contributed by atoms with Gasteiger partial charge in [0.15, 0.2) is 0 Å². The molecule has 0 unspecified atom stereocenters. The summed E-state index contributed by atoms with van der Waals surface area (Å²) in [6, 6.07) is 3.43. The Hall–Kier alpha value is -1.53. The molecule has 3 atom stereocenters. The third kappa shape index (κ3) is 3.75. The summed E-state index contributed by atoms with van der Waals surface area (Å²) >= 11 is 0. The molecule has 1 aromatic carbocycles. The minimum absolute atomic E-state index is 0.00846. The fourth-order valence-corrected chi connectivity index (χ4v) is 3.77. The minimum atomic E-state index is -0.617. The number of aryl methyl sites for hydroxylation is 1. The molecule has 0 saturated carbocycles. The van der Waals surface area contributed by atoms with E-state index < -0.39 is 17.7 Å². The monoisotopic (exact) mass is 339 g/mol. The van der Waals surface area contributed by atoms with Gasteiger partial charge in [0, 0.05) is 37.6 Å². The summed E-state index contributed by atoms with van der Waals surface area (Å²) in [5.74, 6) is -1.32. The predicted molar refractivity (Wildman–Crippen MR) is 84.3 cm³/mol. The highest BCUT2D eigenvalue weighted by molar-refractivity contribution is 5.77. The number of aliphatic hydroxyl groups excluding tert-OH is 1. The molecule has 1 N–H and O–H groups in total. The van der Waals surface area contributed by atoms with Crippen LogP contribution in [0.15, 0.2) is 18.2 Å². The van der Waals surface area contributed by atoms with Crippen LogP contribution < -0.4 is 0 Å². The summed E-state index contributed by atoms with van der Waals surface area (Å²) in [6.45, 7) is 1.70. The van der Waals surface area contributed by atoms with Crippen molar-refractivity contribution in [3.05, 3.63) is 35.4 Å². The molecular formula is C18H23F2NO3. The van der Waals surface area contributed by atoms with Crippen molar-refractivity contribution in [1.29, 1.82) is 0 Å². The molecule has 132 valence electrons. The van der Waals surface area contributed by atoms with Gasteiger partial charge in [0.25, 0.3) is 0 Å². The molecule has 0 spiro atoms. The number of carbonyl (C=O) groups is 1. The van der Waals surface area contributed by atoms with E-state index in [0.717, 1.165) is 18.9 Å². The average molecular weight is 339 g/mol. The van der Waals surface area contributed by atoms with Crippen LogP contribution in [0.5, 0.6) is 0 Å². The van der Waals surface area contributed by atoms with Gasteiger partial charge >= 0.3 is 0 Å². The molecule has 2 saturated heterocycles. The zero-order valence-electron chi connectivity index (χ0n) is 13.6. The molecule has 3 rings (SSSR count). The van der Waals surface area contributed by atoms with Crippen LogP contribution in [-0.2, 0) is 16.0 Å². The van der Waals surface area contributed by atoms with Crippen molar-refractivity contribution >= 4 is 5.91 Å². The second-order valence-corrected chi connectivity index (χ2v) is 6.63. The van der Waals surface area contributed by atoms with Crippen LogP contribution in [0.25, 0.3) is 0 Å². The second-order valence-electron chi connectivity index (χ2n) is 6.63. The maximum atomic E-state index is 13.7. The first-order valence-corrected chi connectivity index (χ1v) is 8.55. The molecule has 6 heteroatoms. The third-order valence-corrected chi connectivity index (χ3v) is 5.10. The highest BCUT2D eigenvalue weighted by Gasteiger charge is 2.39. The van der Waals surface area contributed by atoms with Crippen molar-refractivity contribution in [2.75, 3.05) is 19.8 Å². The maximum Gasteiger partial charge on any atom is 0.223 e. The van der Waals surface area contributed by atoms with Crippen LogP contribution in [0, 0.1) is 17.6 Å². The van der Waals surface area contributed by atoms with Gasteiger partial charge in [-0.2, -0.15) is 0 Å². The molecule has 4 nitrogen and oxygen atoms in total. The average Bonchev–Trinajstić information content (AvgIpc) is 3.03. The lowest BCUT2D eigenvalue weighted by Gasteiger charge is -2.37. The first-order chi connectivity index (χ1) is 11.6. The number of ether oxygens (including phenoxy) is 1. The second kappa shape index (κ2) is 7.57. The summed E-state index contributed by atoms with van der Waals surface area (Å²) in [5.41, 5.74) is 0.349. The molecule has 2 aliphatic rings. The lowest BCUT2D eigenvalue weighted by atomic mass is 9.89. The molecule has 2 heterocycles. The zero-order valence-corrected chi connectivity index (χ0v) is 13.6. The summed E-state index contributed by atoms with van der Waals surface area (Å²) in [7, 11) is 0. The van der Waals surface area contributed by atoms with Gasteiger partial charge in [0.2, 0.25) is 5.91 Å². The van der Waals surface area contributed by atoms with Crippen molar-refractivity contribution in [1.82, 2.24) is 4.90 Å². The molecule has 2 aliphatic heterocycles. The molecule has 2 fully saturated rings. The van der Waals surface area contributed by atoms with Gasteiger partial charge in [-0.3, -0.25) is 4.79 Å². The predicted octanol–water partition coefficient (Wildman–Crippen LogP) is 2.29. The van der Waals surface area contributed by atoms with Gasteiger partial charge in [0.1, 0.15) is 11.6 Å². The normalized spacial score (nSPS) is 27.5. The Labute approximate surface area is 140 Å². The number of nitrogens with zero attached hydrogens (tertiary/aromatic N) is 1. The van der Waals surface area contributed by atoms with Crippen molar-refractivity contribution in [3.63, 3.8) is 0 Å². The van der Waals surface area contributed by atoms with E-state index in [1.807, 2.05) is 4.90 Å². The SMILES string of the molecule is O=C(CCc1ccc(F)cc1F)N1CCC[C@@H]1[C@H]1COCC[C@H]1O. The summed E-state index contributed by atoms with van der Waals surface area (Å²) in [6.07, 6.45) is 2.36. The molecule has 1 aromatic rings. The zero-order chi connectivity index (χ0) is 17.1. The highest BCUT2D eigenvalue weighted by atomic mass is 19.1. The largest absolute Gasteiger partial charge is 0.393 e. The van der Waals surface area contributed by atoms with Gasteiger partial charge in [-0.15, -0.1) is 0 Å². The fourth-order valence-electron chi connectivity index (χ4n) is 3.77. The lowest BCUT2D eigenvalue weighted by molar-refractivity contribution is -0.136. The van der Waals surface area contributed by atoms with Crippen molar-refractivity contribution in [2.24, 2.45) is 5.92 Å². The molecule has 0 radical (unpaired) electrons. The Kier molecular flexibility index (Phi) is 5.46. The van der Waals surface area contributed by atoms with Crippen LogP contribution in [0.1, 0.15) is 31.2 Å². The van der Waals surface area contributed by atoms with E-state index >= 15 is 0 Å². The van der Waals surface area contributed by atoms with E-state index in [-0.39, 0.29) is 30.7 Å². The Morgan fingerprint density at radius 3 is 2.92 bits per heavy atom. The van der Waals surface area contributed by atoms with Crippen LogP contribution in [0.4, 0.5) is 8.78 Å². The lowest BCUT2D eigenvalue weighted by Crippen LogP contribution is -2.48. The number of amides is 1. The Balaban J connectivity index is 1.61. The first kappa shape index (κ1) is 17.3. The number of hydrogen-bond acceptors (Lipinski definition) is 3. The van der Waals surface area contributed by atoms with Crippen molar-refractivity contribution in [3.8, 4) is 0 Å². The Bertz CT molecular complexity index is 596. The van der Waals surface area contributed by atoms with Gasteiger partial charge in [0.05, 0.1) is 12.7 Å². The van der Waals surface area contributed by atoms with Gasteiger partial charge in [-0.25, -0.2) is 8.78 Å². The number of hydrogen-bond donors (Lipinski definition) is 1. The number of benzene rings is 1. The number of halogens is 2. The third-order valence-electron chi connectivity index (χ3n) is 5.10. The van der Waals surface area contributed by atoms with Gasteiger partial charge in [-0.05, 0) is 37.3 Å². The number of rotatable bonds is 4. The molecule has 0 bridgehead atoms. The fraction of sp³-hybridized carbons (Fsp3) is 0.611. The van der Waals surface area contributed by atoms with E-state index in [1.54, 1.807) is 0 Å². The van der Waals surface area contributed by atoms with E-state index in [1.165, 1.54) is 12.1 Å². The summed E-state index contributed by atoms with van der Waals surface area (Å²) in [4.78, 5) is 14.4. The maximum absolute atomic E-state index is 13.7. The van der Waals surface area contributed by atoms with E-state index in [2.05, 4.69) is 0 Å². The van der Waals surface area contributed by atoms with Crippen LogP contribution in [0.3, 0.4) is 0 Å². The topological polar surface area (TPSA) is 49.8 Å². The summed E-state index contributed by atoms with van der Waals surface area (Å²) < 4.78 is 32.1. The van der Waals surface area contributed by atoms with Crippen molar-refractivity contribution < 1.29 is 23.4 Å². The minimum Gasteiger partial charge on any atom is -0.393 e. The van der Waals surface area contributed by atoms with E-state index in [4.69, 9.17) is 4.74 Å². The van der Waals surface area contributed by atoms with Gasteiger partial charge < -0.3 is 14.7 Å². The van der Waals surface area contributed by atoms with E-state index in [0.29, 0.717) is 31.7 Å². The molecule has 0 aliphatic carbocycles. The molecule has 24 heavy (non-hydrogen) atoms. The summed E-state index contributed by atoms with van der Waals surface area (Å²) in [5, 5.41) is 10.2. The van der Waals surface area contributed by atoms with Crippen LogP contribution in [-0.4, -0.2) is 47.8 Å². The smallest absolute Gasteiger partial charge is 0.223 e. The first-order valence-electron chi connectivity index (χ1n) is 8.55. The molecule has 1 amide bonds. The van der Waals surface area contributed by atoms with Gasteiger partial charge in [-0.1, -0.05) is 6.07 Å². The van der Waals surface area contributed by atoms with Crippen LogP contribution >= 0.6 is 0 Å². The van der Waals surface area contributed by atoms with Crippen LogP contribution in [0.2, 0.25) is 0 Å². The standard InChI is InChI=1S/C18H23F2NO3/c19-13-5-3-12(15(20)10-13)4-6-18(23)21-8-1-2-16(21)14-11-24-9-7-17(14)22/h3,5,10,14,16-17,22H,1-2,4,6-9,11H2/t14-,16-,17-/m1/s1. The highest BCUT2D eigenvalue weighted by Crippen LogP contribution is 2.30. The Morgan fingerprint density at radius 2 is 2.17 bits per heavy atom. The number of aliphatic hydroxyl groups is 1. The van der Waals surface area contributed by atoms with Crippen molar-refractivity contribution in [2.45, 2.75) is 44.2 Å².